The minimum absolute atomic E-state index is 0.0605. The third kappa shape index (κ3) is 3.77. The van der Waals surface area contributed by atoms with Crippen molar-refractivity contribution in [3.63, 3.8) is 0 Å². The molecule has 1 aliphatic heterocycles. The van der Waals surface area contributed by atoms with Crippen molar-refractivity contribution in [1.82, 2.24) is 0 Å². The molecule has 1 aliphatic rings. The van der Waals surface area contributed by atoms with Crippen LogP contribution in [-0.4, -0.2) is 33.3 Å². The van der Waals surface area contributed by atoms with E-state index in [0.29, 0.717) is 0 Å². The summed E-state index contributed by atoms with van der Waals surface area (Å²) in [7, 11) is -4.52. The molecule has 0 fully saturated rings. The number of para-hydroxylation sites is 3. The number of hydrogen-bond acceptors (Lipinski definition) is 5. The Hall–Kier alpha value is -2.95. The molecule has 2 aromatic rings. The number of benzene rings is 2. The molecule has 0 aromatic heterocycles. The third-order valence-corrected chi connectivity index (χ3v) is 5.51. The predicted octanol–water partition coefficient (Wildman–Crippen LogP) is 2.03. The fourth-order valence-electron chi connectivity index (χ4n) is 2.57. The molecular weight excluding hydrogens is 389 g/mol. The van der Waals surface area contributed by atoms with Gasteiger partial charge in [0.2, 0.25) is 0 Å². The van der Waals surface area contributed by atoms with Crippen molar-refractivity contribution >= 4 is 21.6 Å². The number of fused-ring (bicyclic) bond motifs is 1. The number of anilines is 1. The van der Waals surface area contributed by atoms with Gasteiger partial charge in [-0.05, 0) is 24.3 Å². The molecule has 0 aliphatic carbocycles. The molecule has 1 amide bonds. The number of primary amides is 1. The number of carbonyl (C=O) groups is 1. The second kappa shape index (κ2) is 6.65. The molecule has 0 radical (unpaired) electrons. The van der Waals surface area contributed by atoms with Gasteiger partial charge in [0, 0.05) is 0 Å². The van der Waals surface area contributed by atoms with Crippen LogP contribution in [-0.2, 0) is 14.8 Å². The molecule has 0 spiro atoms. The van der Waals surface area contributed by atoms with Gasteiger partial charge < -0.3 is 15.2 Å². The van der Waals surface area contributed by atoms with Gasteiger partial charge in [0.05, 0.1) is 12.2 Å². The first kappa shape index (κ1) is 18.8. The Balaban J connectivity index is 2.11. The molecule has 27 heavy (non-hydrogen) atoms. The van der Waals surface area contributed by atoms with Crippen molar-refractivity contribution in [2.45, 2.75) is 17.4 Å². The van der Waals surface area contributed by atoms with Crippen LogP contribution in [0.4, 0.5) is 18.9 Å². The standard InChI is InChI=1S/C16H13F3N2O5S/c17-16(18,19)26-12-7-3-4-8-14(12)27(23,24)21-9-13(15(20)22)25-11-6-2-1-5-10(11)21/h1-8,13H,9H2,(H2,20,22)/t13-/m1/s1. The quantitative estimate of drug-likeness (QED) is 0.844. The van der Waals surface area contributed by atoms with Gasteiger partial charge in [-0.3, -0.25) is 9.10 Å². The van der Waals surface area contributed by atoms with Crippen LogP contribution in [0, 0.1) is 0 Å². The van der Waals surface area contributed by atoms with Crippen molar-refractivity contribution in [2.24, 2.45) is 5.73 Å². The van der Waals surface area contributed by atoms with Gasteiger partial charge >= 0.3 is 6.36 Å². The smallest absolute Gasteiger partial charge is 0.476 e. The highest BCUT2D eigenvalue weighted by Gasteiger charge is 2.40. The van der Waals surface area contributed by atoms with Crippen LogP contribution >= 0.6 is 0 Å². The molecular formula is C16H13F3N2O5S. The second-order valence-corrected chi connectivity index (χ2v) is 7.34. The van der Waals surface area contributed by atoms with Gasteiger partial charge in [0.25, 0.3) is 15.9 Å². The van der Waals surface area contributed by atoms with E-state index in [4.69, 9.17) is 10.5 Å². The van der Waals surface area contributed by atoms with E-state index in [2.05, 4.69) is 4.74 Å². The first-order valence-electron chi connectivity index (χ1n) is 7.52. The topological polar surface area (TPSA) is 98.9 Å². The van der Waals surface area contributed by atoms with Crippen LogP contribution < -0.4 is 19.5 Å². The zero-order valence-corrected chi connectivity index (χ0v) is 14.3. The highest BCUT2D eigenvalue weighted by atomic mass is 32.2. The molecule has 2 aromatic carbocycles. The van der Waals surface area contributed by atoms with E-state index in [1.165, 1.54) is 30.3 Å². The van der Waals surface area contributed by atoms with E-state index in [9.17, 15) is 26.4 Å². The van der Waals surface area contributed by atoms with E-state index >= 15 is 0 Å². The molecule has 3 rings (SSSR count). The number of rotatable bonds is 4. The van der Waals surface area contributed by atoms with E-state index in [1.807, 2.05) is 0 Å². The molecule has 144 valence electrons. The summed E-state index contributed by atoms with van der Waals surface area (Å²) in [5.41, 5.74) is 5.29. The Morgan fingerprint density at radius 2 is 1.78 bits per heavy atom. The minimum Gasteiger partial charge on any atom is -0.476 e. The fourth-order valence-corrected chi connectivity index (χ4v) is 4.16. The molecule has 1 atom stereocenters. The Morgan fingerprint density at radius 1 is 1.15 bits per heavy atom. The minimum atomic E-state index is -5.08. The van der Waals surface area contributed by atoms with Gasteiger partial charge in [0.15, 0.2) is 6.10 Å². The third-order valence-electron chi connectivity index (χ3n) is 3.70. The lowest BCUT2D eigenvalue weighted by atomic mass is 10.2. The summed E-state index contributed by atoms with van der Waals surface area (Å²) in [6, 6.07) is 10.2. The average molecular weight is 402 g/mol. The van der Waals surface area contributed by atoms with Crippen LogP contribution in [0.1, 0.15) is 0 Å². The summed E-state index contributed by atoms with van der Waals surface area (Å²) >= 11 is 0. The Morgan fingerprint density at radius 3 is 2.44 bits per heavy atom. The normalized spacial score (nSPS) is 17.0. The number of alkyl halides is 3. The van der Waals surface area contributed by atoms with Gasteiger partial charge in [-0.2, -0.15) is 0 Å². The number of hydrogen-bond donors (Lipinski definition) is 1. The highest BCUT2D eigenvalue weighted by Crippen LogP contribution is 2.39. The van der Waals surface area contributed by atoms with Crippen molar-refractivity contribution in [2.75, 3.05) is 10.8 Å². The van der Waals surface area contributed by atoms with Crippen molar-refractivity contribution in [1.29, 1.82) is 0 Å². The van der Waals surface area contributed by atoms with E-state index in [0.717, 1.165) is 16.4 Å². The second-order valence-electron chi connectivity index (χ2n) is 5.51. The number of ether oxygens (including phenoxy) is 2. The van der Waals surface area contributed by atoms with Crippen LogP contribution in [0.3, 0.4) is 0 Å². The van der Waals surface area contributed by atoms with Crippen LogP contribution in [0.15, 0.2) is 53.4 Å². The summed E-state index contributed by atoms with van der Waals surface area (Å²) in [5, 5.41) is 0. The summed E-state index contributed by atoms with van der Waals surface area (Å²) in [4.78, 5) is 10.8. The maximum Gasteiger partial charge on any atom is 0.573 e. The van der Waals surface area contributed by atoms with E-state index in [-0.39, 0.29) is 11.4 Å². The van der Waals surface area contributed by atoms with Crippen molar-refractivity contribution in [3.8, 4) is 11.5 Å². The predicted molar refractivity (Wildman–Crippen MR) is 87.7 cm³/mol. The van der Waals surface area contributed by atoms with Crippen LogP contribution in [0.25, 0.3) is 0 Å². The maximum absolute atomic E-state index is 13.1. The van der Waals surface area contributed by atoms with Gasteiger partial charge in [-0.1, -0.05) is 24.3 Å². The first-order valence-corrected chi connectivity index (χ1v) is 8.96. The lowest BCUT2D eigenvalue weighted by Gasteiger charge is -2.34. The summed E-state index contributed by atoms with van der Waals surface area (Å²) in [6.45, 7) is -0.491. The lowest BCUT2D eigenvalue weighted by molar-refractivity contribution is -0.275. The number of halogens is 3. The number of sulfonamides is 1. The number of nitrogens with zero attached hydrogens (tertiary/aromatic N) is 1. The maximum atomic E-state index is 13.1. The Bertz CT molecular complexity index is 978. The van der Waals surface area contributed by atoms with Gasteiger partial charge in [-0.15, -0.1) is 13.2 Å². The van der Waals surface area contributed by atoms with Gasteiger partial charge in [-0.25, -0.2) is 8.42 Å². The number of carbonyl (C=O) groups excluding carboxylic acids is 1. The monoisotopic (exact) mass is 402 g/mol. The summed E-state index contributed by atoms with van der Waals surface area (Å²) < 4.78 is 74.1. The zero-order valence-electron chi connectivity index (χ0n) is 13.5. The van der Waals surface area contributed by atoms with Crippen molar-refractivity contribution < 1.29 is 35.9 Å². The number of amides is 1. The largest absolute Gasteiger partial charge is 0.573 e. The molecule has 7 nitrogen and oxygen atoms in total. The first-order chi connectivity index (χ1) is 12.6. The Labute approximate surface area is 152 Å². The van der Waals surface area contributed by atoms with Crippen LogP contribution in [0.5, 0.6) is 11.5 Å². The lowest BCUT2D eigenvalue weighted by Crippen LogP contribution is -2.49. The summed E-state index contributed by atoms with van der Waals surface area (Å²) in [5.74, 6) is -1.74. The van der Waals surface area contributed by atoms with Gasteiger partial charge in [0.1, 0.15) is 16.4 Å². The SMILES string of the molecule is NC(=O)[C@H]1CN(S(=O)(=O)c2ccccc2OC(F)(F)F)c2ccccc2O1. The van der Waals surface area contributed by atoms with Crippen molar-refractivity contribution in [3.05, 3.63) is 48.5 Å². The molecule has 0 saturated heterocycles. The molecule has 0 unspecified atom stereocenters. The molecule has 0 bridgehead atoms. The van der Waals surface area contributed by atoms with E-state index in [1.54, 1.807) is 6.07 Å². The Kier molecular flexibility index (Phi) is 4.64. The number of nitrogens with two attached hydrogens (primary N) is 1. The van der Waals surface area contributed by atoms with Crippen LogP contribution in [0.2, 0.25) is 0 Å². The summed E-state index contributed by atoms with van der Waals surface area (Å²) in [6.07, 6.45) is -6.38. The highest BCUT2D eigenvalue weighted by molar-refractivity contribution is 7.93. The average Bonchev–Trinajstić information content (AvgIpc) is 2.59. The molecule has 2 N–H and O–H groups in total. The zero-order chi connectivity index (χ0) is 19.8. The van der Waals surface area contributed by atoms with E-state index < -0.39 is 45.6 Å². The molecule has 0 saturated carbocycles. The fraction of sp³-hybridized carbons (Fsp3) is 0.188. The molecule has 11 heteroatoms. The molecule has 1 heterocycles.